The second-order valence-corrected chi connectivity index (χ2v) is 6.02. The van der Waals surface area contributed by atoms with Crippen LogP contribution in [-0.2, 0) is 0 Å². The molecule has 4 aromatic rings. The highest BCUT2D eigenvalue weighted by Crippen LogP contribution is 2.30. The summed E-state index contributed by atoms with van der Waals surface area (Å²) in [5.74, 6) is 1.46. The molecule has 0 radical (unpaired) electrons. The molecule has 3 heterocycles. The van der Waals surface area contributed by atoms with Crippen LogP contribution in [0.15, 0.2) is 48.8 Å². The molecule has 0 aliphatic carbocycles. The number of anilines is 3. The number of halogens is 2. The number of nitrogens with one attached hydrogen (secondary N) is 1. The average molecular weight is 372 g/mol. The smallest absolute Gasteiger partial charge is 0.154 e. The van der Waals surface area contributed by atoms with Gasteiger partial charge in [0, 0.05) is 12.4 Å². The van der Waals surface area contributed by atoms with Crippen LogP contribution in [0.2, 0.25) is 10.0 Å². The van der Waals surface area contributed by atoms with Crippen molar-refractivity contribution in [3.8, 4) is 5.69 Å². The van der Waals surface area contributed by atoms with Gasteiger partial charge < -0.3 is 11.1 Å². The lowest BCUT2D eigenvalue weighted by Gasteiger charge is -2.06. The first kappa shape index (κ1) is 15.6. The highest BCUT2D eigenvalue weighted by Gasteiger charge is 2.13. The lowest BCUT2D eigenvalue weighted by molar-refractivity contribution is 0.897. The van der Waals surface area contributed by atoms with E-state index in [4.69, 9.17) is 28.9 Å². The number of benzene rings is 1. The third kappa shape index (κ3) is 2.95. The fraction of sp³-hybridized carbons (Fsp3) is 0. The van der Waals surface area contributed by atoms with Crippen molar-refractivity contribution in [3.63, 3.8) is 0 Å². The molecule has 1 aromatic carbocycles. The number of nitrogens with zero attached hydrogens (tertiary/aromatic N) is 5. The van der Waals surface area contributed by atoms with Gasteiger partial charge in [0.15, 0.2) is 5.82 Å². The number of para-hydroxylation sites is 1. The van der Waals surface area contributed by atoms with Gasteiger partial charge in [0.1, 0.15) is 17.3 Å². The van der Waals surface area contributed by atoms with Crippen molar-refractivity contribution in [2.24, 2.45) is 0 Å². The minimum Gasteiger partial charge on any atom is -0.382 e. The van der Waals surface area contributed by atoms with Gasteiger partial charge in [-0.1, -0.05) is 29.3 Å². The van der Waals surface area contributed by atoms with Gasteiger partial charge in [0.05, 0.1) is 20.9 Å². The number of rotatable bonds is 3. The maximum atomic E-state index is 6.27. The Balaban J connectivity index is 1.80. The standard InChI is InChI=1S/C16H11Cl2N7/c17-10-2-1-3-11(18)15(10)25-8-9-12(24-25)6-7-20-16(9)21-14-5-4-13(19)22-23-14/h1-8H,(H2,19,22)(H,20,21,23). The van der Waals surface area contributed by atoms with Crippen molar-refractivity contribution in [2.45, 2.75) is 0 Å². The monoisotopic (exact) mass is 371 g/mol. The van der Waals surface area contributed by atoms with Gasteiger partial charge in [-0.15, -0.1) is 10.2 Å². The molecule has 124 valence electrons. The number of pyridine rings is 1. The average Bonchev–Trinajstić information content (AvgIpc) is 3.01. The van der Waals surface area contributed by atoms with Gasteiger partial charge in [-0.3, -0.25) is 0 Å². The molecular formula is C16H11Cl2N7. The highest BCUT2D eigenvalue weighted by atomic mass is 35.5. The summed E-state index contributed by atoms with van der Waals surface area (Å²) in [5, 5.41) is 17.2. The molecule has 0 unspecified atom stereocenters. The van der Waals surface area contributed by atoms with E-state index >= 15 is 0 Å². The van der Waals surface area contributed by atoms with Crippen molar-refractivity contribution in [3.05, 3.63) is 58.8 Å². The first-order valence-electron chi connectivity index (χ1n) is 7.27. The minimum atomic E-state index is 0.345. The quantitative estimate of drug-likeness (QED) is 0.567. The van der Waals surface area contributed by atoms with Gasteiger partial charge in [-0.2, -0.15) is 5.10 Å². The molecule has 0 atom stereocenters. The van der Waals surface area contributed by atoms with E-state index in [1.807, 2.05) is 6.20 Å². The van der Waals surface area contributed by atoms with Crippen molar-refractivity contribution in [1.29, 1.82) is 0 Å². The Hall–Kier alpha value is -2.90. The van der Waals surface area contributed by atoms with Gasteiger partial charge in [0.25, 0.3) is 0 Å². The minimum absolute atomic E-state index is 0.345. The zero-order valence-electron chi connectivity index (χ0n) is 12.7. The predicted molar refractivity (Wildman–Crippen MR) is 98.6 cm³/mol. The summed E-state index contributed by atoms with van der Waals surface area (Å²) < 4.78 is 1.64. The van der Waals surface area contributed by atoms with Crippen LogP contribution in [0.1, 0.15) is 0 Å². The zero-order valence-corrected chi connectivity index (χ0v) is 14.2. The van der Waals surface area contributed by atoms with E-state index in [0.717, 1.165) is 10.9 Å². The van der Waals surface area contributed by atoms with E-state index in [9.17, 15) is 0 Å². The molecule has 25 heavy (non-hydrogen) atoms. The SMILES string of the molecule is Nc1ccc(Nc2nccc3nn(-c4c(Cl)cccc4Cl)cc23)nn1. The highest BCUT2D eigenvalue weighted by molar-refractivity contribution is 6.37. The summed E-state index contributed by atoms with van der Waals surface area (Å²) in [4.78, 5) is 4.35. The number of nitrogen functional groups attached to an aromatic ring is 1. The summed E-state index contributed by atoms with van der Waals surface area (Å²) in [5.41, 5.74) is 6.90. The van der Waals surface area contributed by atoms with Crippen LogP contribution in [0.25, 0.3) is 16.6 Å². The van der Waals surface area contributed by atoms with Crippen molar-refractivity contribution in [2.75, 3.05) is 11.1 Å². The number of hydrogen-bond donors (Lipinski definition) is 2. The van der Waals surface area contributed by atoms with Crippen molar-refractivity contribution in [1.82, 2.24) is 25.0 Å². The predicted octanol–water partition coefficient (Wildman–Crippen LogP) is 3.84. The first-order chi connectivity index (χ1) is 12.1. The molecule has 0 spiro atoms. The van der Waals surface area contributed by atoms with Crippen LogP contribution in [0.3, 0.4) is 0 Å². The number of nitrogens with two attached hydrogens (primary N) is 1. The molecular weight excluding hydrogens is 361 g/mol. The Morgan fingerprint density at radius 1 is 1.00 bits per heavy atom. The van der Waals surface area contributed by atoms with Crippen LogP contribution < -0.4 is 11.1 Å². The van der Waals surface area contributed by atoms with E-state index in [1.54, 1.807) is 47.3 Å². The topological polar surface area (TPSA) is 94.5 Å². The van der Waals surface area contributed by atoms with Gasteiger partial charge in [-0.05, 0) is 30.3 Å². The van der Waals surface area contributed by atoms with E-state index < -0.39 is 0 Å². The number of fused-ring (bicyclic) bond motifs is 1. The molecule has 9 heteroatoms. The third-order valence-electron chi connectivity index (χ3n) is 3.53. The van der Waals surface area contributed by atoms with Crippen LogP contribution in [0.4, 0.5) is 17.5 Å². The normalized spacial score (nSPS) is 11.0. The third-order valence-corrected chi connectivity index (χ3v) is 4.14. The molecule has 7 nitrogen and oxygen atoms in total. The van der Waals surface area contributed by atoms with E-state index in [1.165, 1.54) is 0 Å². The van der Waals surface area contributed by atoms with Gasteiger partial charge >= 0.3 is 0 Å². The number of hydrogen-bond acceptors (Lipinski definition) is 6. The first-order valence-corrected chi connectivity index (χ1v) is 8.02. The van der Waals surface area contributed by atoms with Crippen molar-refractivity contribution >= 4 is 51.6 Å². The fourth-order valence-corrected chi connectivity index (χ4v) is 2.97. The summed E-state index contributed by atoms with van der Waals surface area (Å²) in [6.45, 7) is 0. The molecule has 0 saturated carbocycles. The molecule has 0 fully saturated rings. The molecule has 4 rings (SSSR count). The van der Waals surface area contributed by atoms with E-state index in [-0.39, 0.29) is 0 Å². The largest absolute Gasteiger partial charge is 0.382 e. The van der Waals surface area contributed by atoms with Crippen LogP contribution in [0.5, 0.6) is 0 Å². The van der Waals surface area contributed by atoms with Crippen LogP contribution >= 0.6 is 23.2 Å². The van der Waals surface area contributed by atoms with Crippen molar-refractivity contribution < 1.29 is 0 Å². The Bertz CT molecular complexity index is 1040. The molecule has 0 amide bonds. The van der Waals surface area contributed by atoms with Crippen LogP contribution in [0, 0.1) is 0 Å². The molecule has 0 aliphatic rings. The Morgan fingerprint density at radius 2 is 1.80 bits per heavy atom. The number of aromatic nitrogens is 5. The molecule has 3 aromatic heterocycles. The Morgan fingerprint density at radius 3 is 2.52 bits per heavy atom. The second-order valence-electron chi connectivity index (χ2n) is 5.20. The van der Waals surface area contributed by atoms with Gasteiger partial charge in [0.2, 0.25) is 0 Å². The summed E-state index contributed by atoms with van der Waals surface area (Å²) in [6.07, 6.45) is 3.46. The fourth-order valence-electron chi connectivity index (χ4n) is 2.40. The van der Waals surface area contributed by atoms with Gasteiger partial charge in [-0.25, -0.2) is 9.67 Å². The molecule has 3 N–H and O–H groups in total. The molecule has 0 aliphatic heterocycles. The molecule has 0 bridgehead atoms. The lowest BCUT2D eigenvalue weighted by atomic mass is 10.3. The van der Waals surface area contributed by atoms with E-state index in [2.05, 4.69) is 25.6 Å². The van der Waals surface area contributed by atoms with E-state index in [0.29, 0.717) is 33.2 Å². The summed E-state index contributed by atoms with van der Waals surface area (Å²) in [7, 11) is 0. The Labute approximate surface area is 152 Å². The maximum absolute atomic E-state index is 6.27. The van der Waals surface area contributed by atoms with Crippen LogP contribution in [-0.4, -0.2) is 25.0 Å². The lowest BCUT2D eigenvalue weighted by Crippen LogP contribution is -1.99. The second kappa shape index (κ2) is 6.19. The summed E-state index contributed by atoms with van der Waals surface area (Å²) >= 11 is 12.5. The maximum Gasteiger partial charge on any atom is 0.154 e. The molecule has 0 saturated heterocycles. The summed E-state index contributed by atoms with van der Waals surface area (Å²) in [6, 6.07) is 10.5. The zero-order chi connectivity index (χ0) is 17.4. The Kier molecular flexibility index (Phi) is 3.87.